The molecule has 6 heteroatoms. The van der Waals surface area contributed by atoms with Gasteiger partial charge in [-0.2, -0.15) is 0 Å². The van der Waals surface area contributed by atoms with Gasteiger partial charge in [-0.25, -0.2) is 4.98 Å². The molecule has 1 aliphatic rings. The maximum Gasteiger partial charge on any atom is 0.256 e. The average molecular weight is 355 g/mol. The predicted molar refractivity (Wildman–Crippen MR) is 100 cm³/mol. The summed E-state index contributed by atoms with van der Waals surface area (Å²) in [6.07, 6.45) is 2.11. The van der Waals surface area contributed by atoms with E-state index >= 15 is 0 Å². The summed E-state index contributed by atoms with van der Waals surface area (Å²) in [5, 5.41) is 4.03. The number of aromatic nitrogens is 2. The third-order valence-corrected chi connectivity index (χ3v) is 4.77. The van der Waals surface area contributed by atoms with E-state index in [1.807, 2.05) is 30.3 Å². The molecule has 4 rings (SSSR count). The molecule has 0 radical (unpaired) electrons. The van der Waals surface area contributed by atoms with Gasteiger partial charge in [0.05, 0.1) is 28.8 Å². The minimum Gasteiger partial charge on any atom is -0.384 e. The van der Waals surface area contributed by atoms with Crippen molar-refractivity contribution in [3.63, 3.8) is 0 Å². The lowest BCUT2D eigenvalue weighted by atomic mass is 9.99. The Hall–Kier alpha value is -2.53. The molecule has 1 aliphatic heterocycles. The van der Waals surface area contributed by atoms with Crippen LogP contribution in [0.3, 0.4) is 0 Å². The fourth-order valence-electron chi connectivity index (χ4n) is 3.30. The maximum absolute atomic E-state index is 12.9. The molecule has 0 atom stereocenters. The van der Waals surface area contributed by atoms with Crippen LogP contribution in [0.25, 0.3) is 11.0 Å². The zero-order chi connectivity index (χ0) is 17.4. The van der Waals surface area contributed by atoms with Gasteiger partial charge in [0, 0.05) is 18.6 Å². The van der Waals surface area contributed by atoms with Crippen LogP contribution in [0.2, 0.25) is 5.02 Å². The number of carbonyl (C=O) groups excluding carboxylic acids is 1. The highest BCUT2D eigenvalue weighted by molar-refractivity contribution is 6.31. The van der Waals surface area contributed by atoms with Gasteiger partial charge in [-0.1, -0.05) is 23.7 Å². The largest absolute Gasteiger partial charge is 0.384 e. The Kier molecular flexibility index (Phi) is 4.09. The van der Waals surface area contributed by atoms with Crippen molar-refractivity contribution in [1.29, 1.82) is 0 Å². The number of H-pyrrole nitrogens is 1. The van der Waals surface area contributed by atoms with Crippen LogP contribution < -0.4 is 5.32 Å². The number of hydrogen-bond acceptors (Lipinski definition) is 3. The number of aromatic amines is 1. The summed E-state index contributed by atoms with van der Waals surface area (Å²) in [5.41, 5.74) is 4.63. The molecule has 128 valence electrons. The van der Waals surface area contributed by atoms with E-state index < -0.39 is 0 Å². The Balaban J connectivity index is 1.58. The van der Waals surface area contributed by atoms with Crippen LogP contribution >= 0.6 is 11.6 Å². The molecule has 2 N–H and O–H groups in total. The molecular formula is C19H19ClN4O. The molecule has 0 fully saturated rings. The Morgan fingerprint density at radius 3 is 3.08 bits per heavy atom. The van der Waals surface area contributed by atoms with Gasteiger partial charge in [-0.3, -0.25) is 4.79 Å². The van der Waals surface area contributed by atoms with E-state index in [9.17, 15) is 4.79 Å². The number of amides is 1. The molecule has 0 unspecified atom stereocenters. The molecule has 0 spiro atoms. The number of nitrogens with zero attached hydrogens (tertiary/aromatic N) is 2. The molecule has 0 saturated heterocycles. The van der Waals surface area contributed by atoms with E-state index in [0.29, 0.717) is 11.6 Å². The molecule has 0 bridgehead atoms. The van der Waals surface area contributed by atoms with E-state index in [1.165, 1.54) is 5.56 Å². The normalized spacial score (nSPS) is 13.4. The minimum absolute atomic E-state index is 0.00950. The predicted octanol–water partition coefficient (Wildman–Crippen LogP) is 3.85. The minimum atomic E-state index is -0.00950. The lowest BCUT2D eigenvalue weighted by Gasteiger charge is -2.23. The summed E-state index contributed by atoms with van der Waals surface area (Å²) >= 11 is 6.01. The van der Waals surface area contributed by atoms with Crippen LogP contribution in [-0.4, -0.2) is 34.4 Å². The van der Waals surface area contributed by atoms with Gasteiger partial charge in [0.25, 0.3) is 5.91 Å². The number of nitrogens with one attached hydrogen (secondary N) is 2. The molecule has 2 aromatic carbocycles. The molecule has 2 heterocycles. The number of rotatable bonds is 3. The number of anilines is 1. The summed E-state index contributed by atoms with van der Waals surface area (Å²) in [5.74, 6) is 0.732. The third-order valence-electron chi connectivity index (χ3n) is 4.53. The van der Waals surface area contributed by atoms with E-state index in [2.05, 4.69) is 21.4 Å². The fourth-order valence-corrected chi connectivity index (χ4v) is 3.47. The Labute approximate surface area is 151 Å². The van der Waals surface area contributed by atoms with Crippen molar-refractivity contribution >= 4 is 34.2 Å². The van der Waals surface area contributed by atoms with Crippen LogP contribution in [0.1, 0.15) is 28.2 Å². The number of carbonyl (C=O) groups is 1. The lowest BCUT2D eigenvalue weighted by Crippen LogP contribution is -2.28. The summed E-state index contributed by atoms with van der Waals surface area (Å²) in [4.78, 5) is 22.4. The number of imidazole rings is 1. The zero-order valence-electron chi connectivity index (χ0n) is 14.0. The van der Waals surface area contributed by atoms with Crippen LogP contribution in [0.4, 0.5) is 5.69 Å². The highest BCUT2D eigenvalue weighted by Gasteiger charge is 2.20. The zero-order valence-corrected chi connectivity index (χ0v) is 14.7. The molecule has 0 aliphatic carbocycles. The second kappa shape index (κ2) is 6.41. The quantitative estimate of drug-likeness (QED) is 0.751. The van der Waals surface area contributed by atoms with Crippen molar-refractivity contribution < 1.29 is 4.79 Å². The first-order valence-electron chi connectivity index (χ1n) is 8.37. The maximum atomic E-state index is 12.9. The van der Waals surface area contributed by atoms with Crippen molar-refractivity contribution in [3.05, 3.63) is 58.4 Å². The Morgan fingerprint density at radius 1 is 1.32 bits per heavy atom. The smallest absolute Gasteiger partial charge is 0.256 e. The lowest BCUT2D eigenvalue weighted by molar-refractivity contribution is 0.0782. The topological polar surface area (TPSA) is 61.0 Å². The number of aryl methyl sites for hydroxylation is 1. The van der Waals surface area contributed by atoms with Gasteiger partial charge < -0.3 is 15.2 Å². The first-order valence-corrected chi connectivity index (χ1v) is 8.75. The number of hydrogen-bond donors (Lipinski definition) is 2. The van der Waals surface area contributed by atoms with Crippen molar-refractivity contribution in [3.8, 4) is 0 Å². The second-order valence-electron chi connectivity index (χ2n) is 6.38. The summed E-state index contributed by atoms with van der Waals surface area (Å²) < 4.78 is 0. The molecule has 25 heavy (non-hydrogen) atoms. The first-order chi connectivity index (χ1) is 12.1. The number of para-hydroxylation sites is 1. The average Bonchev–Trinajstić information content (AvgIpc) is 3.01. The highest BCUT2D eigenvalue weighted by atomic mass is 35.5. The van der Waals surface area contributed by atoms with E-state index in [0.717, 1.165) is 47.5 Å². The van der Waals surface area contributed by atoms with Gasteiger partial charge in [0.2, 0.25) is 0 Å². The standard InChI is InChI=1S/C19H19ClN4O/c1-24(11-17-22-15-8-7-13(20)10-16(15)23-17)19(25)14-6-2-4-12-5-3-9-21-18(12)14/h2,4,6-8,10,21H,3,5,9,11H2,1H3,(H,22,23). The van der Waals surface area contributed by atoms with Crippen LogP contribution in [0.5, 0.6) is 0 Å². The van der Waals surface area contributed by atoms with Gasteiger partial charge in [-0.05, 0) is 42.7 Å². The van der Waals surface area contributed by atoms with Gasteiger partial charge in [0.15, 0.2) is 0 Å². The van der Waals surface area contributed by atoms with E-state index in [1.54, 1.807) is 11.9 Å². The fraction of sp³-hybridized carbons (Fsp3) is 0.263. The van der Waals surface area contributed by atoms with Crippen molar-refractivity contribution in [2.75, 3.05) is 18.9 Å². The number of benzene rings is 2. The SMILES string of the molecule is CN(Cc1nc2ccc(Cl)cc2[nH]1)C(=O)c1cccc2c1NCCC2. The molecule has 1 amide bonds. The monoisotopic (exact) mass is 354 g/mol. The van der Waals surface area contributed by atoms with Gasteiger partial charge >= 0.3 is 0 Å². The summed E-state index contributed by atoms with van der Waals surface area (Å²) in [6, 6.07) is 11.4. The molecule has 3 aromatic rings. The van der Waals surface area contributed by atoms with Crippen LogP contribution in [-0.2, 0) is 13.0 Å². The van der Waals surface area contributed by atoms with Gasteiger partial charge in [0.1, 0.15) is 5.82 Å². The van der Waals surface area contributed by atoms with Crippen molar-refractivity contribution in [2.45, 2.75) is 19.4 Å². The molecule has 1 aromatic heterocycles. The summed E-state index contributed by atoms with van der Waals surface area (Å²) in [7, 11) is 1.80. The Morgan fingerprint density at radius 2 is 2.20 bits per heavy atom. The van der Waals surface area contributed by atoms with Crippen molar-refractivity contribution in [2.24, 2.45) is 0 Å². The van der Waals surface area contributed by atoms with E-state index in [-0.39, 0.29) is 5.91 Å². The third kappa shape index (κ3) is 3.07. The van der Waals surface area contributed by atoms with Gasteiger partial charge in [-0.15, -0.1) is 0 Å². The molecular weight excluding hydrogens is 336 g/mol. The second-order valence-corrected chi connectivity index (χ2v) is 6.81. The molecule has 5 nitrogen and oxygen atoms in total. The Bertz CT molecular complexity index is 950. The highest BCUT2D eigenvalue weighted by Crippen LogP contribution is 2.27. The molecule has 0 saturated carbocycles. The number of fused-ring (bicyclic) bond motifs is 2. The first kappa shape index (κ1) is 16.0. The van der Waals surface area contributed by atoms with Crippen LogP contribution in [0, 0.1) is 0 Å². The van der Waals surface area contributed by atoms with Crippen LogP contribution in [0.15, 0.2) is 36.4 Å². The van der Waals surface area contributed by atoms with Crippen molar-refractivity contribution in [1.82, 2.24) is 14.9 Å². The number of halogens is 1. The van der Waals surface area contributed by atoms with E-state index in [4.69, 9.17) is 11.6 Å². The summed E-state index contributed by atoms with van der Waals surface area (Å²) in [6.45, 7) is 1.32.